The Balaban J connectivity index is 2.25. The first-order valence-corrected chi connectivity index (χ1v) is 9.76. The van der Waals surface area contributed by atoms with Crippen molar-refractivity contribution in [2.24, 2.45) is 7.05 Å². The Labute approximate surface area is 198 Å². The van der Waals surface area contributed by atoms with E-state index in [0.29, 0.717) is 6.07 Å². The number of benzene rings is 1. The van der Waals surface area contributed by atoms with Crippen LogP contribution in [-0.2, 0) is 18.0 Å². The number of nitrogens with zero attached hydrogens (tertiary/aromatic N) is 4. The molecule has 1 aromatic carbocycles. The maximum atomic E-state index is 14.7. The maximum absolute atomic E-state index is 14.7. The predicted octanol–water partition coefficient (Wildman–Crippen LogP) is 3.03. The van der Waals surface area contributed by atoms with Gasteiger partial charge in [-0.05, 0) is 13.0 Å². The molecule has 0 aliphatic rings. The van der Waals surface area contributed by atoms with Gasteiger partial charge < -0.3 is 14.2 Å². The number of carbonyl (C=O) groups excluding carboxylic acids is 1. The summed E-state index contributed by atoms with van der Waals surface area (Å²) in [7, 11) is 3.05. The van der Waals surface area contributed by atoms with Crippen molar-refractivity contribution in [2.75, 3.05) is 14.2 Å². The molecule has 0 unspecified atom stereocenters. The minimum Gasteiger partial charge on any atom is -0.478 e. The summed E-state index contributed by atoms with van der Waals surface area (Å²) < 4.78 is 69.8. The van der Waals surface area contributed by atoms with Gasteiger partial charge in [-0.15, -0.1) is 0 Å². The number of aromatic nitrogens is 4. The quantitative estimate of drug-likeness (QED) is 0.374. The molecular weight excluding hydrogens is 504 g/mol. The Morgan fingerprint density at radius 2 is 1.77 bits per heavy atom. The Morgan fingerprint density at radius 1 is 1.11 bits per heavy atom. The minimum absolute atomic E-state index is 0.111. The third-order valence-electron chi connectivity index (χ3n) is 4.58. The Morgan fingerprint density at radius 3 is 2.34 bits per heavy atom. The lowest BCUT2D eigenvalue weighted by atomic mass is 10.2. The van der Waals surface area contributed by atoms with Crippen molar-refractivity contribution in [1.82, 2.24) is 19.1 Å². The first kappa shape index (κ1) is 25.7. The van der Waals surface area contributed by atoms with Crippen molar-refractivity contribution in [3.05, 3.63) is 67.1 Å². The maximum Gasteiger partial charge on any atom is 0.431 e. The number of rotatable bonds is 5. The molecule has 0 spiro atoms. The van der Waals surface area contributed by atoms with E-state index in [1.807, 2.05) is 0 Å². The number of halogens is 5. The first-order chi connectivity index (χ1) is 16.3. The highest BCUT2D eigenvalue weighted by atomic mass is 35.5. The van der Waals surface area contributed by atoms with E-state index in [0.717, 1.165) is 20.2 Å². The molecule has 0 N–H and O–H groups in total. The molecule has 0 saturated heterocycles. The molecule has 2 aromatic heterocycles. The summed E-state index contributed by atoms with van der Waals surface area (Å²) in [6, 6.07) is 1.59. The van der Waals surface area contributed by atoms with Crippen LogP contribution in [0.2, 0.25) is 5.02 Å². The fraction of sp³-hybridized carbons (Fsp3) is 0.250. The minimum atomic E-state index is -5.01. The van der Waals surface area contributed by atoms with Crippen LogP contribution in [0.3, 0.4) is 0 Å². The summed E-state index contributed by atoms with van der Waals surface area (Å²) in [6.07, 6.45) is -5.01. The highest BCUT2D eigenvalue weighted by molar-refractivity contribution is 6.32. The van der Waals surface area contributed by atoms with Crippen molar-refractivity contribution in [3.8, 4) is 23.1 Å². The van der Waals surface area contributed by atoms with Crippen LogP contribution < -0.4 is 20.7 Å². The number of esters is 1. The van der Waals surface area contributed by atoms with E-state index in [4.69, 9.17) is 21.1 Å². The molecular formula is C20H15ClF4N4O6. The van der Waals surface area contributed by atoms with Crippen LogP contribution >= 0.6 is 11.6 Å². The first-order valence-electron chi connectivity index (χ1n) is 9.38. The number of carbonyl (C=O) groups is 1. The molecule has 0 radical (unpaired) electrons. The Hall–Kier alpha value is -3.94. The van der Waals surface area contributed by atoms with Gasteiger partial charge in [0.15, 0.2) is 5.69 Å². The average Bonchev–Trinajstić information content (AvgIpc) is 2.78. The molecule has 186 valence electrons. The van der Waals surface area contributed by atoms with Gasteiger partial charge >= 0.3 is 17.8 Å². The number of alkyl halides is 3. The van der Waals surface area contributed by atoms with Crippen molar-refractivity contribution in [1.29, 1.82) is 0 Å². The van der Waals surface area contributed by atoms with E-state index < -0.39 is 52.1 Å². The van der Waals surface area contributed by atoms with Gasteiger partial charge in [0.1, 0.15) is 23.1 Å². The number of aryl methyl sites for hydroxylation is 1. The number of ether oxygens (including phenoxy) is 3. The van der Waals surface area contributed by atoms with E-state index >= 15 is 0 Å². The van der Waals surface area contributed by atoms with E-state index in [2.05, 4.69) is 14.7 Å². The van der Waals surface area contributed by atoms with E-state index in [1.54, 1.807) is 0 Å². The Kier molecular flexibility index (Phi) is 6.87. The van der Waals surface area contributed by atoms with Gasteiger partial charge in [-0.1, -0.05) is 11.6 Å². The van der Waals surface area contributed by atoms with E-state index in [9.17, 15) is 31.9 Å². The molecule has 0 aliphatic heterocycles. The smallest absolute Gasteiger partial charge is 0.431 e. The molecule has 0 saturated carbocycles. The van der Waals surface area contributed by atoms with Crippen LogP contribution in [0.5, 0.6) is 17.4 Å². The second kappa shape index (κ2) is 9.37. The van der Waals surface area contributed by atoms with Crippen LogP contribution in [0.4, 0.5) is 17.6 Å². The molecule has 10 nitrogen and oxygen atoms in total. The molecule has 0 atom stereocenters. The third kappa shape index (κ3) is 4.82. The monoisotopic (exact) mass is 518 g/mol. The highest BCUT2D eigenvalue weighted by Gasteiger charge is 2.35. The van der Waals surface area contributed by atoms with Gasteiger partial charge in [-0.3, -0.25) is 9.36 Å². The molecule has 3 rings (SSSR count). The summed E-state index contributed by atoms with van der Waals surface area (Å²) in [6.45, 7) is 1.45. The van der Waals surface area contributed by atoms with Gasteiger partial charge in [0.2, 0.25) is 5.75 Å². The molecule has 15 heteroatoms. The zero-order chi connectivity index (χ0) is 26.2. The lowest BCUT2D eigenvalue weighted by Gasteiger charge is -2.17. The number of hydrogen-bond donors (Lipinski definition) is 0. The van der Waals surface area contributed by atoms with Crippen molar-refractivity contribution >= 4 is 17.6 Å². The van der Waals surface area contributed by atoms with Crippen LogP contribution in [0.1, 0.15) is 22.0 Å². The van der Waals surface area contributed by atoms with E-state index in [-0.39, 0.29) is 37.6 Å². The lowest BCUT2D eigenvalue weighted by molar-refractivity contribution is -0.144. The van der Waals surface area contributed by atoms with Crippen LogP contribution in [0.15, 0.2) is 27.8 Å². The molecule has 2 heterocycles. The molecule has 0 fully saturated rings. The fourth-order valence-corrected chi connectivity index (χ4v) is 3.19. The zero-order valence-corrected chi connectivity index (χ0v) is 19.1. The topological polar surface area (TPSA) is 115 Å². The SMILES string of the molecule is COC(=O)c1nc(C)nc(OC)c1Oc1cc(-n2c(=O)cc(C(F)(F)F)n(C)c2=O)c(F)cc1Cl. The molecule has 0 bridgehead atoms. The van der Waals surface area contributed by atoms with Crippen molar-refractivity contribution < 1.29 is 36.6 Å². The highest BCUT2D eigenvalue weighted by Crippen LogP contribution is 2.38. The summed E-state index contributed by atoms with van der Waals surface area (Å²) in [4.78, 5) is 45.0. The van der Waals surface area contributed by atoms with Gasteiger partial charge in [0.25, 0.3) is 11.4 Å². The molecule has 0 amide bonds. The molecule has 0 aliphatic carbocycles. The normalized spacial score (nSPS) is 11.3. The van der Waals surface area contributed by atoms with Crippen LogP contribution in [0, 0.1) is 12.7 Å². The van der Waals surface area contributed by atoms with Crippen LogP contribution in [0.25, 0.3) is 5.69 Å². The summed E-state index contributed by atoms with van der Waals surface area (Å²) in [5, 5.41) is -0.388. The number of methoxy groups -OCH3 is 2. The third-order valence-corrected chi connectivity index (χ3v) is 4.88. The van der Waals surface area contributed by atoms with Crippen LogP contribution in [-0.4, -0.2) is 39.3 Å². The molecule has 3 aromatic rings. The van der Waals surface area contributed by atoms with E-state index in [1.165, 1.54) is 14.0 Å². The van der Waals surface area contributed by atoms with Crippen molar-refractivity contribution in [3.63, 3.8) is 0 Å². The van der Waals surface area contributed by atoms with Gasteiger partial charge in [-0.25, -0.2) is 23.5 Å². The summed E-state index contributed by atoms with van der Waals surface area (Å²) in [5.74, 6) is -3.09. The average molecular weight is 519 g/mol. The summed E-state index contributed by atoms with van der Waals surface area (Å²) >= 11 is 6.05. The second-order valence-corrected chi connectivity index (χ2v) is 7.24. The predicted molar refractivity (Wildman–Crippen MR) is 112 cm³/mol. The Bertz CT molecular complexity index is 1450. The largest absolute Gasteiger partial charge is 0.478 e. The van der Waals surface area contributed by atoms with Crippen molar-refractivity contribution in [2.45, 2.75) is 13.1 Å². The standard InChI is InChI=1S/C20H15ClF4N4O6/c1-8-26-15(18(31)34-4)16(17(27-8)33-3)35-12-6-11(10(22)5-9(12)21)29-14(30)7-13(20(23,24)25)28(2)19(29)32/h5-7H,1-4H3. The second-order valence-electron chi connectivity index (χ2n) is 6.83. The zero-order valence-electron chi connectivity index (χ0n) is 18.4. The summed E-state index contributed by atoms with van der Waals surface area (Å²) in [5.41, 5.74) is -5.63. The van der Waals surface area contributed by atoms with Gasteiger partial charge in [0.05, 0.1) is 24.9 Å². The molecule has 35 heavy (non-hydrogen) atoms. The van der Waals surface area contributed by atoms with Gasteiger partial charge in [0, 0.05) is 19.2 Å². The van der Waals surface area contributed by atoms with Gasteiger partial charge in [-0.2, -0.15) is 18.2 Å². The lowest BCUT2D eigenvalue weighted by Crippen LogP contribution is -2.41. The number of hydrogen-bond acceptors (Lipinski definition) is 8. The fourth-order valence-electron chi connectivity index (χ4n) is 3.00.